The molecule has 2 rings (SSSR count). The summed E-state index contributed by atoms with van der Waals surface area (Å²) >= 11 is 2.16. The Labute approximate surface area is 116 Å². The van der Waals surface area contributed by atoms with Gasteiger partial charge in [0.1, 0.15) is 0 Å². The van der Waals surface area contributed by atoms with Crippen LogP contribution in [0.2, 0.25) is 0 Å². The first-order valence-corrected chi connectivity index (χ1v) is 8.02. The predicted octanol–water partition coefficient (Wildman–Crippen LogP) is 1.27. The Bertz CT molecular complexity index is 487. The fourth-order valence-corrected chi connectivity index (χ4v) is 3.91. The van der Waals surface area contributed by atoms with E-state index in [2.05, 4.69) is 27.9 Å². The van der Waals surface area contributed by atoms with Crippen LogP contribution in [0.5, 0.6) is 0 Å². The minimum atomic E-state index is -3.34. The van der Waals surface area contributed by atoms with Gasteiger partial charge in [-0.05, 0) is 53.8 Å². The van der Waals surface area contributed by atoms with Crippen LogP contribution < -0.4 is 5.32 Å². The summed E-state index contributed by atoms with van der Waals surface area (Å²) in [5.41, 5.74) is 0. The van der Waals surface area contributed by atoms with E-state index >= 15 is 0 Å². The molecular formula is C11H15IN2O2S. The maximum atomic E-state index is 12.4. The second-order valence-electron chi connectivity index (χ2n) is 4.12. The molecule has 1 fully saturated rings. The number of hydrogen-bond donors (Lipinski definition) is 1. The number of halogens is 1. The highest BCUT2D eigenvalue weighted by atomic mass is 127. The van der Waals surface area contributed by atoms with Crippen LogP contribution in [0.15, 0.2) is 29.2 Å². The molecule has 94 valence electrons. The van der Waals surface area contributed by atoms with Crippen LogP contribution in [-0.4, -0.2) is 38.4 Å². The van der Waals surface area contributed by atoms with Gasteiger partial charge in [0.05, 0.1) is 4.90 Å². The van der Waals surface area contributed by atoms with Gasteiger partial charge in [-0.25, -0.2) is 8.42 Å². The largest absolute Gasteiger partial charge is 0.314 e. The first-order chi connectivity index (χ1) is 8.01. The fourth-order valence-electron chi connectivity index (χ4n) is 1.92. The molecule has 0 spiro atoms. The Morgan fingerprint density at radius 3 is 2.59 bits per heavy atom. The van der Waals surface area contributed by atoms with E-state index in [1.54, 1.807) is 16.4 Å². The lowest BCUT2D eigenvalue weighted by Crippen LogP contribution is -2.52. The highest BCUT2D eigenvalue weighted by Crippen LogP contribution is 2.20. The normalized spacial score (nSPS) is 22.6. The number of nitrogens with zero attached hydrogens (tertiary/aromatic N) is 1. The van der Waals surface area contributed by atoms with Crippen molar-refractivity contribution >= 4 is 32.6 Å². The fraction of sp³-hybridized carbons (Fsp3) is 0.455. The van der Waals surface area contributed by atoms with Crippen LogP contribution in [0, 0.1) is 3.57 Å². The minimum Gasteiger partial charge on any atom is -0.314 e. The van der Waals surface area contributed by atoms with Crippen molar-refractivity contribution in [1.82, 2.24) is 9.62 Å². The smallest absolute Gasteiger partial charge is 0.243 e. The van der Waals surface area contributed by atoms with E-state index in [9.17, 15) is 8.42 Å². The monoisotopic (exact) mass is 366 g/mol. The Morgan fingerprint density at radius 1 is 1.35 bits per heavy atom. The Hall–Kier alpha value is -0.180. The highest BCUT2D eigenvalue weighted by molar-refractivity contribution is 14.1. The second-order valence-corrected chi connectivity index (χ2v) is 7.26. The van der Waals surface area contributed by atoms with E-state index in [0.29, 0.717) is 24.5 Å². The quantitative estimate of drug-likeness (QED) is 0.803. The third-order valence-electron chi connectivity index (χ3n) is 2.86. The van der Waals surface area contributed by atoms with Gasteiger partial charge >= 0.3 is 0 Å². The summed E-state index contributed by atoms with van der Waals surface area (Å²) in [4.78, 5) is 0.381. The van der Waals surface area contributed by atoms with E-state index in [-0.39, 0.29) is 6.04 Å². The van der Waals surface area contributed by atoms with Crippen LogP contribution in [-0.2, 0) is 10.0 Å². The van der Waals surface area contributed by atoms with Crippen molar-refractivity contribution in [3.05, 3.63) is 27.8 Å². The van der Waals surface area contributed by atoms with Gasteiger partial charge < -0.3 is 5.32 Å². The standard InChI is InChI=1S/C11H15IN2O2S/c1-9-8-13-6-7-14(9)17(15,16)11-4-2-10(12)3-5-11/h2-5,9,13H,6-8H2,1H3. The Morgan fingerprint density at radius 2 is 2.00 bits per heavy atom. The van der Waals surface area contributed by atoms with Gasteiger partial charge in [0, 0.05) is 29.2 Å². The number of sulfonamides is 1. The average molecular weight is 366 g/mol. The third-order valence-corrected chi connectivity index (χ3v) is 5.61. The maximum Gasteiger partial charge on any atom is 0.243 e. The van der Waals surface area contributed by atoms with Crippen molar-refractivity contribution < 1.29 is 8.42 Å². The molecule has 1 saturated heterocycles. The zero-order chi connectivity index (χ0) is 12.5. The molecular weight excluding hydrogens is 351 g/mol. The second kappa shape index (κ2) is 5.21. The predicted molar refractivity (Wildman–Crippen MR) is 75.4 cm³/mol. The molecule has 0 amide bonds. The molecule has 17 heavy (non-hydrogen) atoms. The van der Waals surface area contributed by atoms with E-state index in [0.717, 1.165) is 3.57 Å². The van der Waals surface area contributed by atoms with Crippen molar-refractivity contribution in [2.24, 2.45) is 0 Å². The zero-order valence-corrected chi connectivity index (χ0v) is 12.5. The summed E-state index contributed by atoms with van der Waals surface area (Å²) < 4.78 is 27.4. The molecule has 4 nitrogen and oxygen atoms in total. The Balaban J connectivity index is 2.32. The van der Waals surface area contributed by atoms with Crippen molar-refractivity contribution in [2.45, 2.75) is 17.9 Å². The number of rotatable bonds is 2. The molecule has 1 N–H and O–H groups in total. The topological polar surface area (TPSA) is 49.4 Å². The number of nitrogens with one attached hydrogen (secondary N) is 1. The summed E-state index contributed by atoms with van der Waals surface area (Å²) in [6.45, 7) is 3.89. The first kappa shape index (κ1) is 13.3. The lowest BCUT2D eigenvalue weighted by molar-refractivity contribution is 0.284. The molecule has 6 heteroatoms. The summed E-state index contributed by atoms with van der Waals surface area (Å²) in [7, 11) is -3.34. The summed E-state index contributed by atoms with van der Waals surface area (Å²) in [5, 5.41) is 3.19. The summed E-state index contributed by atoms with van der Waals surface area (Å²) in [6.07, 6.45) is 0. The van der Waals surface area contributed by atoms with Gasteiger partial charge in [-0.1, -0.05) is 0 Å². The van der Waals surface area contributed by atoms with Gasteiger partial charge in [0.15, 0.2) is 0 Å². The van der Waals surface area contributed by atoms with E-state index < -0.39 is 10.0 Å². The molecule has 0 radical (unpaired) electrons. The molecule has 0 bridgehead atoms. The molecule has 1 heterocycles. The van der Waals surface area contributed by atoms with Crippen molar-refractivity contribution in [3.8, 4) is 0 Å². The van der Waals surface area contributed by atoms with Gasteiger partial charge in [0.2, 0.25) is 10.0 Å². The number of piperazine rings is 1. The lowest BCUT2D eigenvalue weighted by atomic mass is 10.3. The Kier molecular flexibility index (Phi) is 4.06. The third kappa shape index (κ3) is 2.81. The molecule has 1 aliphatic rings. The van der Waals surface area contributed by atoms with Gasteiger partial charge in [-0.3, -0.25) is 0 Å². The molecule has 1 aliphatic heterocycles. The molecule has 0 saturated carbocycles. The van der Waals surface area contributed by atoms with Crippen molar-refractivity contribution in [3.63, 3.8) is 0 Å². The molecule has 1 aromatic rings. The molecule has 1 unspecified atom stereocenters. The van der Waals surface area contributed by atoms with E-state index in [1.807, 2.05) is 19.1 Å². The van der Waals surface area contributed by atoms with E-state index in [4.69, 9.17) is 0 Å². The van der Waals surface area contributed by atoms with Gasteiger partial charge in [-0.15, -0.1) is 0 Å². The zero-order valence-electron chi connectivity index (χ0n) is 9.56. The van der Waals surface area contributed by atoms with Crippen molar-refractivity contribution in [2.75, 3.05) is 19.6 Å². The lowest BCUT2D eigenvalue weighted by Gasteiger charge is -2.32. The van der Waals surface area contributed by atoms with Crippen LogP contribution in [0.1, 0.15) is 6.92 Å². The SMILES string of the molecule is CC1CNCCN1S(=O)(=O)c1ccc(I)cc1. The molecule has 1 aromatic carbocycles. The highest BCUT2D eigenvalue weighted by Gasteiger charge is 2.30. The maximum absolute atomic E-state index is 12.4. The summed E-state index contributed by atoms with van der Waals surface area (Å²) in [6, 6.07) is 6.99. The van der Waals surface area contributed by atoms with Crippen LogP contribution >= 0.6 is 22.6 Å². The van der Waals surface area contributed by atoms with Crippen molar-refractivity contribution in [1.29, 1.82) is 0 Å². The molecule has 0 aromatic heterocycles. The molecule has 1 atom stereocenters. The summed E-state index contributed by atoms with van der Waals surface area (Å²) in [5.74, 6) is 0. The number of benzene rings is 1. The first-order valence-electron chi connectivity index (χ1n) is 5.50. The van der Waals surface area contributed by atoms with E-state index in [1.165, 1.54) is 0 Å². The molecule has 0 aliphatic carbocycles. The average Bonchev–Trinajstić information content (AvgIpc) is 2.30. The van der Waals surface area contributed by atoms with Crippen LogP contribution in [0.25, 0.3) is 0 Å². The number of hydrogen-bond acceptors (Lipinski definition) is 3. The minimum absolute atomic E-state index is 0.00743. The van der Waals surface area contributed by atoms with Gasteiger partial charge in [-0.2, -0.15) is 4.31 Å². The van der Waals surface area contributed by atoms with Gasteiger partial charge in [0.25, 0.3) is 0 Å². The van der Waals surface area contributed by atoms with Crippen LogP contribution in [0.3, 0.4) is 0 Å². The van der Waals surface area contributed by atoms with Crippen LogP contribution in [0.4, 0.5) is 0 Å².